The van der Waals surface area contributed by atoms with E-state index in [1.807, 2.05) is 0 Å². The Labute approximate surface area is 158 Å². The molecule has 10 nitrogen and oxygen atoms in total. The van der Waals surface area contributed by atoms with E-state index in [2.05, 4.69) is 10.3 Å². The molecule has 10 heteroatoms. The predicted octanol–water partition coefficient (Wildman–Crippen LogP) is 0.234. The summed E-state index contributed by atoms with van der Waals surface area (Å²) in [5.41, 5.74) is -0.153. The van der Waals surface area contributed by atoms with Gasteiger partial charge in [-0.3, -0.25) is 14.2 Å². The summed E-state index contributed by atoms with van der Waals surface area (Å²) in [5.74, 6) is 0.650. The van der Waals surface area contributed by atoms with Gasteiger partial charge in [0, 0.05) is 32.3 Å². The van der Waals surface area contributed by atoms with Crippen molar-refractivity contribution in [3.8, 4) is 11.5 Å². The number of hydrogen-bond acceptors (Lipinski definition) is 6. The van der Waals surface area contributed by atoms with Crippen LogP contribution in [0.1, 0.15) is 6.42 Å². The largest absolute Gasteiger partial charge is 0.490 e. The van der Waals surface area contributed by atoms with Gasteiger partial charge in [-0.2, -0.15) is 0 Å². The smallest absolute Gasteiger partial charge is 0.332 e. The molecule has 3 aromatic rings. The zero-order chi connectivity index (χ0) is 19.8. The van der Waals surface area contributed by atoms with Crippen LogP contribution in [0, 0.1) is 0 Å². The molecular weight excluding hydrogens is 366 g/mol. The Hall–Kier alpha value is -3.56. The SMILES string of the molecule is Cn1cnc2c1c(=O)n(CC(=O)Nc1ccc3c(c1)OCCCO3)c(=O)n2C. The highest BCUT2D eigenvalue weighted by molar-refractivity contribution is 5.91. The minimum atomic E-state index is -0.606. The van der Waals surface area contributed by atoms with Crippen molar-refractivity contribution in [1.82, 2.24) is 18.7 Å². The second-order valence-corrected chi connectivity index (χ2v) is 6.52. The Bertz CT molecular complexity index is 1190. The van der Waals surface area contributed by atoms with E-state index in [0.29, 0.717) is 30.4 Å². The monoisotopic (exact) mass is 385 g/mol. The van der Waals surface area contributed by atoms with Crippen molar-refractivity contribution in [1.29, 1.82) is 0 Å². The van der Waals surface area contributed by atoms with Gasteiger partial charge >= 0.3 is 5.69 Å². The molecule has 146 valence electrons. The molecule has 0 fully saturated rings. The number of benzene rings is 1. The molecule has 1 aliphatic rings. The number of amides is 1. The van der Waals surface area contributed by atoms with Crippen LogP contribution in [-0.4, -0.2) is 37.8 Å². The number of nitrogens with one attached hydrogen (secondary N) is 1. The summed E-state index contributed by atoms with van der Waals surface area (Å²) in [6.07, 6.45) is 2.23. The molecule has 3 heterocycles. The van der Waals surface area contributed by atoms with E-state index in [9.17, 15) is 14.4 Å². The fourth-order valence-corrected chi connectivity index (χ4v) is 3.12. The number of aromatic nitrogens is 4. The Kier molecular flexibility index (Phi) is 4.38. The molecule has 0 bridgehead atoms. The minimum Gasteiger partial charge on any atom is -0.490 e. The van der Waals surface area contributed by atoms with Gasteiger partial charge < -0.3 is 19.4 Å². The predicted molar refractivity (Wildman–Crippen MR) is 101 cm³/mol. The van der Waals surface area contributed by atoms with Gasteiger partial charge in [-0.25, -0.2) is 14.3 Å². The molecule has 2 aromatic heterocycles. The first-order valence-corrected chi connectivity index (χ1v) is 8.76. The van der Waals surface area contributed by atoms with Crippen LogP contribution in [0.3, 0.4) is 0 Å². The highest BCUT2D eigenvalue weighted by Crippen LogP contribution is 2.32. The molecule has 1 N–H and O–H groups in total. The molecule has 0 saturated carbocycles. The van der Waals surface area contributed by atoms with Gasteiger partial charge in [-0.1, -0.05) is 0 Å². The number of fused-ring (bicyclic) bond motifs is 2. The van der Waals surface area contributed by atoms with Crippen LogP contribution in [0.2, 0.25) is 0 Å². The third-order valence-corrected chi connectivity index (χ3v) is 4.53. The lowest BCUT2D eigenvalue weighted by Gasteiger charge is -2.11. The molecule has 28 heavy (non-hydrogen) atoms. The van der Waals surface area contributed by atoms with Gasteiger partial charge in [-0.15, -0.1) is 0 Å². The third-order valence-electron chi connectivity index (χ3n) is 4.53. The van der Waals surface area contributed by atoms with E-state index in [1.165, 1.54) is 22.5 Å². The van der Waals surface area contributed by atoms with Crippen molar-refractivity contribution >= 4 is 22.8 Å². The van der Waals surface area contributed by atoms with Crippen molar-refractivity contribution in [2.75, 3.05) is 18.5 Å². The fraction of sp³-hybridized carbons (Fsp3) is 0.333. The molecular formula is C18H19N5O5. The second-order valence-electron chi connectivity index (χ2n) is 6.52. The van der Waals surface area contributed by atoms with Crippen molar-refractivity contribution in [3.63, 3.8) is 0 Å². The van der Waals surface area contributed by atoms with Crippen LogP contribution in [0.5, 0.6) is 11.5 Å². The molecule has 0 spiro atoms. The number of ether oxygens (including phenoxy) is 2. The highest BCUT2D eigenvalue weighted by Gasteiger charge is 2.18. The molecule has 1 aromatic carbocycles. The van der Waals surface area contributed by atoms with Crippen molar-refractivity contribution in [2.45, 2.75) is 13.0 Å². The van der Waals surface area contributed by atoms with Crippen molar-refractivity contribution in [3.05, 3.63) is 45.4 Å². The standard InChI is InChI=1S/C18H19N5O5/c1-21-10-19-16-15(21)17(25)23(18(26)22(16)2)9-14(24)20-11-4-5-12-13(8-11)28-7-3-6-27-12/h4-5,8,10H,3,6-7,9H2,1-2H3,(H,20,24). The summed E-state index contributed by atoms with van der Waals surface area (Å²) < 4.78 is 14.8. The number of carbonyl (C=O) groups excluding carboxylic acids is 1. The molecule has 0 atom stereocenters. The van der Waals surface area contributed by atoms with Crippen LogP contribution in [0.15, 0.2) is 34.1 Å². The molecule has 0 aliphatic carbocycles. The summed E-state index contributed by atoms with van der Waals surface area (Å²) >= 11 is 0. The van der Waals surface area contributed by atoms with Gasteiger partial charge in [0.15, 0.2) is 22.7 Å². The fourth-order valence-electron chi connectivity index (χ4n) is 3.12. The maximum absolute atomic E-state index is 12.7. The number of hydrogen-bond donors (Lipinski definition) is 1. The lowest BCUT2D eigenvalue weighted by molar-refractivity contribution is -0.116. The van der Waals surface area contributed by atoms with Crippen LogP contribution in [-0.2, 0) is 25.4 Å². The second kappa shape index (κ2) is 6.87. The number of imidazole rings is 1. The summed E-state index contributed by atoms with van der Waals surface area (Å²) in [6, 6.07) is 5.05. The molecule has 0 radical (unpaired) electrons. The molecule has 4 rings (SSSR count). The topological polar surface area (TPSA) is 109 Å². The lowest BCUT2D eigenvalue weighted by Crippen LogP contribution is -2.42. The summed E-state index contributed by atoms with van der Waals surface area (Å²) in [6.45, 7) is 0.684. The van der Waals surface area contributed by atoms with Gasteiger partial charge in [0.1, 0.15) is 6.54 Å². The number of nitrogens with zero attached hydrogens (tertiary/aromatic N) is 4. The van der Waals surface area contributed by atoms with Gasteiger partial charge in [0.25, 0.3) is 5.56 Å². The van der Waals surface area contributed by atoms with E-state index < -0.39 is 23.7 Å². The van der Waals surface area contributed by atoms with Gasteiger partial charge in [0.2, 0.25) is 5.91 Å². The summed E-state index contributed by atoms with van der Waals surface area (Å²) in [5, 5.41) is 2.69. The van der Waals surface area contributed by atoms with Crippen LogP contribution < -0.4 is 26.0 Å². The van der Waals surface area contributed by atoms with Crippen molar-refractivity contribution in [2.24, 2.45) is 14.1 Å². The maximum atomic E-state index is 12.7. The molecule has 1 amide bonds. The third kappa shape index (κ3) is 3.02. The van der Waals surface area contributed by atoms with Crippen LogP contribution in [0.25, 0.3) is 11.2 Å². The molecule has 0 saturated heterocycles. The van der Waals surface area contributed by atoms with Gasteiger partial charge in [0.05, 0.1) is 19.5 Å². The Morgan fingerprint density at radius 1 is 1.18 bits per heavy atom. The highest BCUT2D eigenvalue weighted by atomic mass is 16.5. The van der Waals surface area contributed by atoms with E-state index >= 15 is 0 Å². The molecule has 0 unspecified atom stereocenters. The van der Waals surface area contributed by atoms with Crippen LogP contribution >= 0.6 is 0 Å². The minimum absolute atomic E-state index is 0.255. The first-order chi connectivity index (χ1) is 13.5. The van der Waals surface area contributed by atoms with E-state index in [0.717, 1.165) is 11.0 Å². The normalized spacial score (nSPS) is 13.4. The summed E-state index contributed by atoms with van der Waals surface area (Å²) in [7, 11) is 3.17. The maximum Gasteiger partial charge on any atom is 0.332 e. The van der Waals surface area contributed by atoms with E-state index in [1.54, 1.807) is 25.2 Å². The molecule has 1 aliphatic heterocycles. The van der Waals surface area contributed by atoms with Crippen molar-refractivity contribution < 1.29 is 14.3 Å². The summed E-state index contributed by atoms with van der Waals surface area (Å²) in [4.78, 5) is 41.7. The Morgan fingerprint density at radius 3 is 2.71 bits per heavy atom. The number of rotatable bonds is 3. The van der Waals surface area contributed by atoms with E-state index in [-0.39, 0.29) is 11.2 Å². The Balaban J connectivity index is 1.61. The lowest BCUT2D eigenvalue weighted by atomic mass is 10.2. The first-order valence-electron chi connectivity index (χ1n) is 8.76. The first kappa shape index (κ1) is 17.8. The quantitative estimate of drug-likeness (QED) is 0.691. The Morgan fingerprint density at radius 2 is 1.93 bits per heavy atom. The van der Waals surface area contributed by atoms with E-state index in [4.69, 9.17) is 9.47 Å². The van der Waals surface area contributed by atoms with Crippen LogP contribution in [0.4, 0.5) is 5.69 Å². The average molecular weight is 385 g/mol. The zero-order valence-electron chi connectivity index (χ0n) is 15.5. The average Bonchev–Trinajstić information content (AvgIpc) is 2.91. The number of aryl methyl sites for hydroxylation is 2. The number of carbonyl (C=O) groups is 1. The van der Waals surface area contributed by atoms with Gasteiger partial charge in [-0.05, 0) is 12.1 Å². The zero-order valence-corrected chi connectivity index (χ0v) is 15.5. The number of anilines is 1.